The summed E-state index contributed by atoms with van der Waals surface area (Å²) >= 11 is 1.45. The summed E-state index contributed by atoms with van der Waals surface area (Å²) in [6.45, 7) is 7.38. The van der Waals surface area contributed by atoms with Crippen LogP contribution in [0.4, 0.5) is 5.13 Å². The predicted molar refractivity (Wildman–Crippen MR) is 78.8 cm³/mol. The molecule has 0 bridgehead atoms. The first-order valence-corrected chi connectivity index (χ1v) is 7.55. The van der Waals surface area contributed by atoms with Crippen LogP contribution >= 0.6 is 11.3 Å². The van der Waals surface area contributed by atoms with Gasteiger partial charge < -0.3 is 10.1 Å². The Kier molecular flexibility index (Phi) is 7.17. The molecule has 0 aliphatic heterocycles. The number of ether oxygens (including phenoxy) is 1. The van der Waals surface area contributed by atoms with Crippen LogP contribution in [0.1, 0.15) is 32.9 Å². The van der Waals surface area contributed by atoms with E-state index in [-0.39, 0.29) is 11.9 Å². The number of thiazole rings is 1. The Hall–Kier alpha value is -1.47. The van der Waals surface area contributed by atoms with Gasteiger partial charge in [-0.25, -0.2) is 4.98 Å². The lowest BCUT2D eigenvalue weighted by Gasteiger charge is -2.14. The van der Waals surface area contributed by atoms with Crippen LogP contribution in [0.15, 0.2) is 5.38 Å². The zero-order valence-electron chi connectivity index (χ0n) is 12.1. The number of nitrogens with one attached hydrogen (secondary N) is 1. The minimum absolute atomic E-state index is 0.0105. The molecule has 0 spiro atoms. The first-order chi connectivity index (χ1) is 9.58. The highest BCUT2D eigenvalue weighted by molar-refractivity contribution is 7.14. The molecule has 1 aromatic heterocycles. The standard InChI is InChI=1S/C13H21N3O3S/c1-4-16(10(3)17)13-15-11(9-20-13)8-14-7-6-12(18)19-5-2/h9,14H,4-8H2,1-3H3. The number of amides is 1. The minimum atomic E-state index is -0.201. The summed E-state index contributed by atoms with van der Waals surface area (Å²) in [7, 11) is 0. The van der Waals surface area contributed by atoms with Gasteiger partial charge in [-0.1, -0.05) is 0 Å². The van der Waals surface area contributed by atoms with Crippen molar-refractivity contribution in [3.8, 4) is 0 Å². The molecule has 6 nitrogen and oxygen atoms in total. The minimum Gasteiger partial charge on any atom is -0.466 e. The van der Waals surface area contributed by atoms with Gasteiger partial charge in [-0.2, -0.15) is 0 Å². The lowest BCUT2D eigenvalue weighted by Crippen LogP contribution is -2.27. The molecule has 1 N–H and O–H groups in total. The normalized spacial score (nSPS) is 10.3. The van der Waals surface area contributed by atoms with Gasteiger partial charge in [0.15, 0.2) is 5.13 Å². The second-order valence-electron chi connectivity index (χ2n) is 4.12. The number of rotatable bonds is 8. The SMILES string of the molecule is CCOC(=O)CCNCc1csc(N(CC)C(C)=O)n1. The third-order valence-electron chi connectivity index (χ3n) is 2.58. The van der Waals surface area contributed by atoms with E-state index in [1.807, 2.05) is 12.3 Å². The molecule has 1 heterocycles. The van der Waals surface area contributed by atoms with Crippen molar-refractivity contribution in [2.45, 2.75) is 33.7 Å². The van der Waals surface area contributed by atoms with Gasteiger partial charge in [0.05, 0.1) is 18.7 Å². The molecule has 1 rings (SSSR count). The van der Waals surface area contributed by atoms with Crippen LogP contribution in [0.5, 0.6) is 0 Å². The number of aromatic nitrogens is 1. The first-order valence-electron chi connectivity index (χ1n) is 6.67. The average molecular weight is 299 g/mol. The second kappa shape index (κ2) is 8.65. The zero-order chi connectivity index (χ0) is 15.0. The Bertz CT molecular complexity index is 448. The highest BCUT2D eigenvalue weighted by Gasteiger charge is 2.13. The number of carbonyl (C=O) groups excluding carboxylic acids is 2. The average Bonchev–Trinajstić information content (AvgIpc) is 2.84. The summed E-state index contributed by atoms with van der Waals surface area (Å²) in [6.07, 6.45) is 0.347. The highest BCUT2D eigenvalue weighted by Crippen LogP contribution is 2.20. The highest BCUT2D eigenvalue weighted by atomic mass is 32.1. The topological polar surface area (TPSA) is 71.5 Å². The van der Waals surface area contributed by atoms with E-state index in [0.717, 1.165) is 5.69 Å². The fraction of sp³-hybridized carbons (Fsp3) is 0.615. The molecule has 0 saturated carbocycles. The largest absolute Gasteiger partial charge is 0.466 e. The van der Waals surface area contributed by atoms with E-state index in [1.165, 1.54) is 18.3 Å². The Morgan fingerprint density at radius 1 is 1.45 bits per heavy atom. The second-order valence-corrected chi connectivity index (χ2v) is 4.95. The maximum Gasteiger partial charge on any atom is 0.307 e. The van der Waals surface area contributed by atoms with E-state index in [4.69, 9.17) is 4.74 Å². The van der Waals surface area contributed by atoms with E-state index in [0.29, 0.717) is 37.8 Å². The van der Waals surface area contributed by atoms with Gasteiger partial charge in [0.1, 0.15) is 0 Å². The Labute approximate surface area is 123 Å². The number of anilines is 1. The molecular weight excluding hydrogens is 278 g/mol. The molecule has 0 fully saturated rings. The van der Waals surface area contributed by atoms with Gasteiger partial charge in [-0.05, 0) is 13.8 Å². The molecule has 1 amide bonds. The van der Waals surface area contributed by atoms with Crippen LogP contribution in [0.25, 0.3) is 0 Å². The molecule has 20 heavy (non-hydrogen) atoms. The molecule has 0 aliphatic rings. The molecule has 0 unspecified atom stereocenters. The maximum absolute atomic E-state index is 11.4. The van der Waals surface area contributed by atoms with Crippen molar-refractivity contribution in [3.05, 3.63) is 11.1 Å². The van der Waals surface area contributed by atoms with Crippen molar-refractivity contribution in [1.82, 2.24) is 10.3 Å². The van der Waals surface area contributed by atoms with Crippen LogP contribution < -0.4 is 10.2 Å². The van der Waals surface area contributed by atoms with E-state index < -0.39 is 0 Å². The number of carbonyl (C=O) groups is 2. The van der Waals surface area contributed by atoms with Crippen LogP contribution in [-0.2, 0) is 20.9 Å². The molecule has 0 saturated heterocycles. The quantitative estimate of drug-likeness (QED) is 0.582. The Morgan fingerprint density at radius 3 is 2.80 bits per heavy atom. The summed E-state index contributed by atoms with van der Waals surface area (Å²) in [5, 5.41) is 5.76. The van der Waals surface area contributed by atoms with E-state index in [1.54, 1.807) is 11.8 Å². The van der Waals surface area contributed by atoms with Crippen molar-refractivity contribution >= 4 is 28.3 Å². The van der Waals surface area contributed by atoms with Crippen LogP contribution in [0, 0.1) is 0 Å². The summed E-state index contributed by atoms with van der Waals surface area (Å²) in [6, 6.07) is 0. The fourth-order valence-corrected chi connectivity index (χ4v) is 2.57. The smallest absolute Gasteiger partial charge is 0.307 e. The van der Waals surface area contributed by atoms with Crippen molar-refractivity contribution in [3.63, 3.8) is 0 Å². The summed E-state index contributed by atoms with van der Waals surface area (Å²) in [4.78, 5) is 28.6. The zero-order valence-corrected chi connectivity index (χ0v) is 13.0. The van der Waals surface area contributed by atoms with E-state index >= 15 is 0 Å². The van der Waals surface area contributed by atoms with Crippen molar-refractivity contribution < 1.29 is 14.3 Å². The molecular formula is C13H21N3O3S. The molecule has 0 aromatic carbocycles. The van der Waals surface area contributed by atoms with Gasteiger partial charge in [0, 0.05) is 31.9 Å². The van der Waals surface area contributed by atoms with Gasteiger partial charge in [0.2, 0.25) is 5.91 Å². The monoisotopic (exact) mass is 299 g/mol. The molecule has 7 heteroatoms. The van der Waals surface area contributed by atoms with Gasteiger partial charge in [0.25, 0.3) is 0 Å². The number of esters is 1. The molecule has 112 valence electrons. The summed E-state index contributed by atoms with van der Waals surface area (Å²) in [5.74, 6) is -0.212. The van der Waals surface area contributed by atoms with E-state index in [2.05, 4.69) is 10.3 Å². The molecule has 0 atom stereocenters. The molecule has 1 aromatic rings. The summed E-state index contributed by atoms with van der Waals surface area (Å²) in [5.41, 5.74) is 0.869. The fourth-order valence-electron chi connectivity index (χ4n) is 1.63. The molecule has 0 radical (unpaired) electrons. The van der Waals surface area contributed by atoms with Gasteiger partial charge in [-0.3, -0.25) is 14.5 Å². The number of hydrogen-bond donors (Lipinski definition) is 1. The third kappa shape index (κ3) is 5.26. The molecule has 0 aliphatic carbocycles. The lowest BCUT2D eigenvalue weighted by atomic mass is 10.4. The van der Waals surface area contributed by atoms with Crippen LogP contribution in [0.2, 0.25) is 0 Å². The number of hydrogen-bond acceptors (Lipinski definition) is 6. The van der Waals surface area contributed by atoms with Crippen molar-refractivity contribution in [2.24, 2.45) is 0 Å². The van der Waals surface area contributed by atoms with Gasteiger partial charge in [-0.15, -0.1) is 11.3 Å². The lowest BCUT2D eigenvalue weighted by molar-refractivity contribution is -0.143. The van der Waals surface area contributed by atoms with Crippen LogP contribution in [-0.4, -0.2) is 36.6 Å². The Balaban J connectivity index is 2.37. The van der Waals surface area contributed by atoms with E-state index in [9.17, 15) is 9.59 Å². The van der Waals surface area contributed by atoms with Crippen molar-refractivity contribution in [2.75, 3.05) is 24.6 Å². The Morgan fingerprint density at radius 2 is 2.20 bits per heavy atom. The number of nitrogens with zero attached hydrogens (tertiary/aromatic N) is 2. The third-order valence-corrected chi connectivity index (χ3v) is 3.50. The predicted octanol–water partition coefficient (Wildman–Crippen LogP) is 1.56. The van der Waals surface area contributed by atoms with Crippen molar-refractivity contribution in [1.29, 1.82) is 0 Å². The van der Waals surface area contributed by atoms with Gasteiger partial charge >= 0.3 is 5.97 Å². The summed E-state index contributed by atoms with van der Waals surface area (Å²) < 4.78 is 4.83. The first kappa shape index (κ1) is 16.6. The van der Waals surface area contributed by atoms with Crippen LogP contribution in [0.3, 0.4) is 0 Å². The maximum atomic E-state index is 11.4.